The highest BCUT2D eigenvalue weighted by Crippen LogP contribution is 2.24. The Kier molecular flexibility index (Phi) is 3.35. The van der Waals surface area contributed by atoms with E-state index < -0.39 is 5.91 Å². The van der Waals surface area contributed by atoms with Crippen molar-refractivity contribution >= 4 is 27.5 Å². The van der Waals surface area contributed by atoms with E-state index in [2.05, 4.69) is 21.2 Å². The second-order valence-corrected chi connectivity index (χ2v) is 3.76. The standard InChI is InChI=1S/C9H9BrN2O2/c1-6-5-8(10)3-4-9(6)12(11-14)7(2)13/h3-5H,1-2H3. The van der Waals surface area contributed by atoms with Gasteiger partial charge in [-0.2, -0.15) is 5.01 Å². The predicted octanol–water partition coefficient (Wildman–Crippen LogP) is 2.79. The lowest BCUT2D eigenvalue weighted by Crippen LogP contribution is -2.21. The lowest BCUT2D eigenvalue weighted by atomic mass is 10.2. The molecule has 0 atom stereocenters. The smallest absolute Gasteiger partial charge is 0.246 e. The minimum absolute atomic E-state index is 0.398. The number of hydrogen-bond acceptors (Lipinski definition) is 3. The molecule has 1 amide bonds. The third-order valence-electron chi connectivity index (χ3n) is 1.77. The fourth-order valence-corrected chi connectivity index (χ4v) is 1.60. The van der Waals surface area contributed by atoms with Gasteiger partial charge in [-0.25, -0.2) is 0 Å². The largest absolute Gasteiger partial charge is 0.273 e. The van der Waals surface area contributed by atoms with E-state index in [0.29, 0.717) is 5.69 Å². The highest BCUT2D eigenvalue weighted by molar-refractivity contribution is 9.10. The lowest BCUT2D eigenvalue weighted by Gasteiger charge is -2.13. The Bertz CT molecular complexity index is 379. The van der Waals surface area contributed by atoms with Crippen LogP contribution in [0, 0.1) is 11.8 Å². The zero-order valence-electron chi connectivity index (χ0n) is 7.82. The molecule has 0 unspecified atom stereocenters. The number of carbonyl (C=O) groups excluding carboxylic acids is 1. The van der Waals surface area contributed by atoms with Crippen LogP contribution in [-0.2, 0) is 4.79 Å². The number of halogens is 1. The van der Waals surface area contributed by atoms with Crippen molar-refractivity contribution in [3.05, 3.63) is 33.1 Å². The lowest BCUT2D eigenvalue weighted by molar-refractivity contribution is -0.116. The van der Waals surface area contributed by atoms with Crippen molar-refractivity contribution < 1.29 is 4.79 Å². The average molecular weight is 257 g/mol. The first-order chi connectivity index (χ1) is 6.56. The van der Waals surface area contributed by atoms with Crippen LogP contribution in [0.1, 0.15) is 12.5 Å². The summed E-state index contributed by atoms with van der Waals surface area (Å²) in [4.78, 5) is 21.5. The molecule has 4 nitrogen and oxygen atoms in total. The van der Waals surface area contributed by atoms with Crippen molar-refractivity contribution in [1.82, 2.24) is 0 Å². The van der Waals surface area contributed by atoms with Gasteiger partial charge < -0.3 is 0 Å². The van der Waals surface area contributed by atoms with Crippen LogP contribution >= 0.6 is 15.9 Å². The molecule has 0 aromatic heterocycles. The third-order valence-corrected chi connectivity index (χ3v) is 2.26. The van der Waals surface area contributed by atoms with E-state index in [1.807, 2.05) is 6.07 Å². The number of hydrogen-bond donors (Lipinski definition) is 0. The van der Waals surface area contributed by atoms with Gasteiger partial charge in [-0.3, -0.25) is 4.79 Å². The van der Waals surface area contributed by atoms with Crippen LogP contribution in [0.3, 0.4) is 0 Å². The summed E-state index contributed by atoms with van der Waals surface area (Å²) in [6.45, 7) is 3.10. The summed E-state index contributed by atoms with van der Waals surface area (Å²) in [6, 6.07) is 5.24. The molecule has 1 aromatic rings. The Morgan fingerprint density at radius 2 is 2.14 bits per heavy atom. The Morgan fingerprint density at radius 1 is 1.50 bits per heavy atom. The molecule has 0 aliphatic heterocycles. The van der Waals surface area contributed by atoms with Gasteiger partial charge >= 0.3 is 0 Å². The number of rotatable bonds is 2. The first-order valence-corrected chi connectivity index (χ1v) is 4.75. The molecule has 0 aliphatic rings. The summed E-state index contributed by atoms with van der Waals surface area (Å²) in [5.41, 5.74) is 1.32. The molecule has 0 N–H and O–H groups in total. The fraction of sp³-hybridized carbons (Fsp3) is 0.222. The molecule has 0 saturated heterocycles. The molecule has 14 heavy (non-hydrogen) atoms. The van der Waals surface area contributed by atoms with Crippen molar-refractivity contribution in [3.8, 4) is 0 Å². The number of amides is 1. The van der Waals surface area contributed by atoms with Gasteiger partial charge in [-0.1, -0.05) is 15.9 Å². The Labute approximate surface area is 90.0 Å². The third kappa shape index (κ3) is 2.17. The average Bonchev–Trinajstić information content (AvgIpc) is 2.09. The summed E-state index contributed by atoms with van der Waals surface area (Å²) in [7, 11) is 0. The van der Waals surface area contributed by atoms with Gasteiger partial charge in [-0.15, -0.1) is 4.91 Å². The number of nitroso groups, excluding NO2 is 1. The van der Waals surface area contributed by atoms with E-state index in [9.17, 15) is 9.70 Å². The molecule has 0 saturated carbocycles. The number of aryl methyl sites for hydroxylation is 1. The molecule has 1 rings (SSSR count). The summed E-state index contributed by atoms with van der Waals surface area (Å²) in [5.74, 6) is -0.398. The molecule has 0 bridgehead atoms. The molecule has 0 aliphatic carbocycles. The first kappa shape index (κ1) is 10.8. The Morgan fingerprint density at radius 3 is 2.57 bits per heavy atom. The van der Waals surface area contributed by atoms with Gasteiger partial charge in [-0.05, 0) is 30.7 Å². The monoisotopic (exact) mass is 256 g/mol. The number of anilines is 1. The molecular weight excluding hydrogens is 248 g/mol. The van der Waals surface area contributed by atoms with E-state index in [1.54, 1.807) is 19.1 Å². The summed E-state index contributed by atoms with van der Waals surface area (Å²) >= 11 is 3.29. The van der Waals surface area contributed by atoms with Crippen LogP contribution in [-0.4, -0.2) is 5.91 Å². The first-order valence-electron chi connectivity index (χ1n) is 3.96. The maximum Gasteiger partial charge on any atom is 0.246 e. The highest BCUT2D eigenvalue weighted by Gasteiger charge is 2.13. The van der Waals surface area contributed by atoms with Crippen molar-refractivity contribution in [3.63, 3.8) is 0 Å². The maximum absolute atomic E-state index is 11.0. The number of carbonyl (C=O) groups is 1. The van der Waals surface area contributed by atoms with E-state index >= 15 is 0 Å². The normalized spacial score (nSPS) is 9.64. The number of nitrogens with zero attached hydrogens (tertiary/aromatic N) is 2. The van der Waals surface area contributed by atoms with Crippen molar-refractivity contribution in [2.75, 3.05) is 5.01 Å². The molecular formula is C9H9BrN2O2. The predicted molar refractivity (Wildman–Crippen MR) is 57.8 cm³/mol. The van der Waals surface area contributed by atoms with Gasteiger partial charge in [0, 0.05) is 11.4 Å². The van der Waals surface area contributed by atoms with Gasteiger partial charge in [0.1, 0.15) is 0 Å². The van der Waals surface area contributed by atoms with E-state index in [1.165, 1.54) is 6.92 Å². The SMILES string of the molecule is CC(=O)N(N=O)c1ccc(Br)cc1C. The minimum Gasteiger partial charge on any atom is -0.273 e. The molecule has 0 spiro atoms. The van der Waals surface area contributed by atoms with Crippen molar-refractivity contribution in [2.45, 2.75) is 13.8 Å². The maximum atomic E-state index is 11.0. The van der Waals surface area contributed by atoms with Crippen LogP contribution in [0.4, 0.5) is 5.69 Å². The van der Waals surface area contributed by atoms with E-state index in [0.717, 1.165) is 15.0 Å². The quantitative estimate of drug-likeness (QED) is 0.604. The van der Waals surface area contributed by atoms with Crippen LogP contribution in [0.25, 0.3) is 0 Å². The van der Waals surface area contributed by atoms with Crippen LogP contribution < -0.4 is 5.01 Å². The molecule has 5 heteroatoms. The molecule has 1 aromatic carbocycles. The second-order valence-electron chi connectivity index (χ2n) is 2.84. The molecule has 74 valence electrons. The zero-order chi connectivity index (χ0) is 10.7. The fourth-order valence-electron chi connectivity index (χ4n) is 1.13. The van der Waals surface area contributed by atoms with Crippen LogP contribution in [0.15, 0.2) is 28.0 Å². The van der Waals surface area contributed by atoms with Crippen LogP contribution in [0.2, 0.25) is 0 Å². The second kappa shape index (κ2) is 4.32. The molecule has 0 heterocycles. The van der Waals surface area contributed by atoms with E-state index in [-0.39, 0.29) is 0 Å². The van der Waals surface area contributed by atoms with Crippen molar-refractivity contribution in [2.24, 2.45) is 5.29 Å². The topological polar surface area (TPSA) is 49.7 Å². The van der Waals surface area contributed by atoms with Gasteiger partial charge in [0.25, 0.3) is 0 Å². The summed E-state index contributed by atoms with van der Waals surface area (Å²) < 4.78 is 0.896. The Hall–Kier alpha value is -1.23. The Balaban J connectivity index is 3.17. The van der Waals surface area contributed by atoms with Crippen LogP contribution in [0.5, 0.6) is 0 Å². The summed E-state index contributed by atoms with van der Waals surface area (Å²) in [6.07, 6.45) is 0. The minimum atomic E-state index is -0.398. The zero-order valence-corrected chi connectivity index (χ0v) is 9.41. The highest BCUT2D eigenvalue weighted by atomic mass is 79.9. The van der Waals surface area contributed by atoms with Gasteiger partial charge in [0.2, 0.25) is 5.91 Å². The van der Waals surface area contributed by atoms with Crippen molar-refractivity contribution in [1.29, 1.82) is 0 Å². The van der Waals surface area contributed by atoms with Gasteiger partial charge in [0.05, 0.1) is 11.0 Å². The number of benzene rings is 1. The van der Waals surface area contributed by atoms with Gasteiger partial charge in [0.15, 0.2) is 0 Å². The molecule has 0 fully saturated rings. The van der Waals surface area contributed by atoms with E-state index in [4.69, 9.17) is 0 Å². The molecule has 0 radical (unpaired) electrons. The summed E-state index contributed by atoms with van der Waals surface area (Å²) in [5, 5.41) is 3.50.